The van der Waals surface area contributed by atoms with Crippen LogP contribution in [-0.4, -0.2) is 20.7 Å². The lowest BCUT2D eigenvalue weighted by Crippen LogP contribution is -2.05. The summed E-state index contributed by atoms with van der Waals surface area (Å²) < 4.78 is 12.6. The van der Waals surface area contributed by atoms with Crippen LogP contribution in [0.4, 0.5) is 0 Å². The van der Waals surface area contributed by atoms with Crippen LogP contribution in [0.3, 0.4) is 0 Å². The number of aromatic nitrogens is 3. The van der Waals surface area contributed by atoms with E-state index < -0.39 is 5.97 Å². The molecule has 0 aliphatic rings. The van der Waals surface area contributed by atoms with E-state index in [0.29, 0.717) is 17.3 Å². The maximum absolute atomic E-state index is 12.5. The number of fused-ring (bicyclic) bond motifs is 1. The predicted molar refractivity (Wildman–Crippen MR) is 94.3 cm³/mol. The highest BCUT2D eigenvalue weighted by atomic mass is 32.1. The van der Waals surface area contributed by atoms with Crippen LogP contribution in [0.5, 0.6) is 0 Å². The number of para-hydroxylation sites is 1. The normalized spacial score (nSPS) is 11.1. The van der Waals surface area contributed by atoms with Crippen molar-refractivity contribution in [3.8, 4) is 11.5 Å². The fourth-order valence-electron chi connectivity index (χ4n) is 2.69. The van der Waals surface area contributed by atoms with Crippen LogP contribution in [0.2, 0.25) is 0 Å². The molecule has 0 unspecified atom stereocenters. The molecule has 0 amide bonds. The summed E-state index contributed by atoms with van der Waals surface area (Å²) in [4.78, 5) is 16.7. The van der Waals surface area contributed by atoms with Crippen molar-refractivity contribution in [1.29, 1.82) is 0 Å². The van der Waals surface area contributed by atoms with Crippen LogP contribution in [0, 0.1) is 0 Å². The molecule has 3 heterocycles. The van der Waals surface area contributed by atoms with Gasteiger partial charge in [-0.1, -0.05) is 23.4 Å². The summed E-state index contributed by atoms with van der Waals surface area (Å²) in [6.45, 7) is 2.79. The number of ether oxygens (including phenoxy) is 1. The fourth-order valence-corrected chi connectivity index (χ4v) is 3.32. The third kappa shape index (κ3) is 2.94. The summed E-state index contributed by atoms with van der Waals surface area (Å²) in [5.41, 5.74) is 2.41. The summed E-state index contributed by atoms with van der Waals surface area (Å²) in [6.07, 6.45) is 1.82. The SMILES string of the molecule is CCn1cc(C(=O)OCc2noc(-c3ccsc3)n2)c2ccccc21. The third-order valence-corrected chi connectivity index (χ3v) is 4.60. The van der Waals surface area contributed by atoms with E-state index in [2.05, 4.69) is 10.1 Å². The number of carbonyl (C=O) groups excluding carboxylic acids is 1. The van der Waals surface area contributed by atoms with Gasteiger partial charge in [0.15, 0.2) is 6.61 Å². The first-order chi connectivity index (χ1) is 12.3. The van der Waals surface area contributed by atoms with Crippen LogP contribution in [-0.2, 0) is 17.9 Å². The molecule has 0 saturated carbocycles. The Kier molecular flexibility index (Phi) is 4.07. The zero-order chi connectivity index (χ0) is 17.2. The number of esters is 1. The van der Waals surface area contributed by atoms with Gasteiger partial charge >= 0.3 is 5.97 Å². The Morgan fingerprint density at radius 1 is 1.32 bits per heavy atom. The van der Waals surface area contributed by atoms with E-state index >= 15 is 0 Å². The maximum Gasteiger partial charge on any atom is 0.340 e. The Morgan fingerprint density at radius 3 is 3.00 bits per heavy atom. The molecule has 0 N–H and O–H groups in total. The lowest BCUT2D eigenvalue weighted by Gasteiger charge is -2.00. The summed E-state index contributed by atoms with van der Waals surface area (Å²) in [7, 11) is 0. The highest BCUT2D eigenvalue weighted by Gasteiger charge is 2.17. The van der Waals surface area contributed by atoms with Crippen molar-refractivity contribution in [2.24, 2.45) is 0 Å². The molecule has 6 nitrogen and oxygen atoms in total. The van der Waals surface area contributed by atoms with Crippen molar-refractivity contribution in [2.75, 3.05) is 0 Å². The van der Waals surface area contributed by atoms with Crippen LogP contribution in [0.25, 0.3) is 22.4 Å². The Morgan fingerprint density at radius 2 is 2.20 bits per heavy atom. The van der Waals surface area contributed by atoms with E-state index in [-0.39, 0.29) is 6.61 Å². The zero-order valence-electron chi connectivity index (χ0n) is 13.5. The van der Waals surface area contributed by atoms with Gasteiger partial charge in [-0.2, -0.15) is 16.3 Å². The van der Waals surface area contributed by atoms with E-state index in [1.54, 1.807) is 11.3 Å². The average Bonchev–Trinajstić information content (AvgIpc) is 3.38. The van der Waals surface area contributed by atoms with E-state index in [1.165, 1.54) is 0 Å². The number of hydrogen-bond donors (Lipinski definition) is 0. The summed E-state index contributed by atoms with van der Waals surface area (Å²) >= 11 is 1.55. The van der Waals surface area contributed by atoms with E-state index in [9.17, 15) is 4.79 Å². The van der Waals surface area contributed by atoms with Crippen LogP contribution in [0.15, 0.2) is 51.8 Å². The Balaban J connectivity index is 1.51. The van der Waals surface area contributed by atoms with Gasteiger partial charge in [-0.25, -0.2) is 4.79 Å². The van der Waals surface area contributed by atoms with Gasteiger partial charge in [0.25, 0.3) is 5.89 Å². The molecule has 0 bridgehead atoms. The molecule has 1 aromatic carbocycles. The largest absolute Gasteiger partial charge is 0.454 e. The molecule has 0 aliphatic carbocycles. The summed E-state index contributed by atoms with van der Waals surface area (Å²) in [5, 5.41) is 8.59. The van der Waals surface area contributed by atoms with E-state index in [1.807, 2.05) is 58.8 Å². The van der Waals surface area contributed by atoms with Gasteiger partial charge in [0, 0.05) is 29.0 Å². The van der Waals surface area contributed by atoms with Gasteiger partial charge in [-0.15, -0.1) is 0 Å². The lowest BCUT2D eigenvalue weighted by atomic mass is 10.2. The van der Waals surface area contributed by atoms with Crippen LogP contribution >= 0.6 is 11.3 Å². The number of hydrogen-bond acceptors (Lipinski definition) is 6. The number of aryl methyl sites for hydroxylation is 1. The minimum absolute atomic E-state index is 0.0297. The Hall–Kier alpha value is -2.93. The molecule has 0 spiro atoms. The molecule has 0 aliphatic heterocycles. The molecule has 25 heavy (non-hydrogen) atoms. The van der Waals surface area contributed by atoms with Crippen molar-refractivity contribution in [1.82, 2.24) is 14.7 Å². The van der Waals surface area contributed by atoms with Gasteiger partial charge in [0.2, 0.25) is 5.82 Å². The second-order valence-corrected chi connectivity index (χ2v) is 6.23. The number of nitrogens with zero attached hydrogens (tertiary/aromatic N) is 3. The lowest BCUT2D eigenvalue weighted by molar-refractivity contribution is 0.0462. The zero-order valence-corrected chi connectivity index (χ0v) is 14.3. The van der Waals surface area contributed by atoms with Crippen molar-refractivity contribution < 1.29 is 14.1 Å². The maximum atomic E-state index is 12.5. The first kappa shape index (κ1) is 15.6. The highest BCUT2D eigenvalue weighted by Crippen LogP contribution is 2.23. The second-order valence-electron chi connectivity index (χ2n) is 5.45. The molecule has 0 saturated heterocycles. The molecular formula is C18H15N3O3S. The molecule has 7 heteroatoms. The van der Waals surface area contributed by atoms with Crippen molar-refractivity contribution in [3.63, 3.8) is 0 Å². The average molecular weight is 353 g/mol. The van der Waals surface area contributed by atoms with Gasteiger partial charge < -0.3 is 13.8 Å². The molecule has 0 atom stereocenters. The molecule has 0 fully saturated rings. The first-order valence-corrected chi connectivity index (χ1v) is 8.80. The Labute approximate surface area is 147 Å². The van der Waals surface area contributed by atoms with Crippen molar-refractivity contribution >= 4 is 28.2 Å². The quantitative estimate of drug-likeness (QED) is 0.505. The monoisotopic (exact) mass is 353 g/mol. The van der Waals surface area contributed by atoms with Crippen LogP contribution < -0.4 is 0 Å². The molecule has 126 valence electrons. The Bertz CT molecular complexity index is 1020. The molecule has 3 aromatic heterocycles. The van der Waals surface area contributed by atoms with Crippen molar-refractivity contribution in [3.05, 3.63) is 58.7 Å². The summed E-state index contributed by atoms with van der Waals surface area (Å²) in [5.74, 6) is 0.369. The fraction of sp³-hybridized carbons (Fsp3) is 0.167. The third-order valence-electron chi connectivity index (χ3n) is 3.92. The minimum Gasteiger partial charge on any atom is -0.454 e. The van der Waals surface area contributed by atoms with Gasteiger partial charge in [-0.05, 0) is 24.4 Å². The van der Waals surface area contributed by atoms with E-state index in [0.717, 1.165) is 23.0 Å². The molecule has 4 rings (SSSR count). The number of rotatable bonds is 5. The van der Waals surface area contributed by atoms with Gasteiger partial charge in [0.1, 0.15) is 0 Å². The smallest absolute Gasteiger partial charge is 0.340 e. The topological polar surface area (TPSA) is 70.2 Å². The van der Waals surface area contributed by atoms with Crippen LogP contribution in [0.1, 0.15) is 23.1 Å². The summed E-state index contributed by atoms with van der Waals surface area (Å²) in [6, 6.07) is 9.66. The van der Waals surface area contributed by atoms with Gasteiger partial charge in [0.05, 0.1) is 11.1 Å². The molecule has 4 aromatic rings. The second kappa shape index (κ2) is 6.52. The molecule has 0 radical (unpaired) electrons. The predicted octanol–water partition coefficient (Wildman–Crippen LogP) is 4.13. The number of thiophene rings is 1. The number of carbonyl (C=O) groups is 1. The van der Waals surface area contributed by atoms with Gasteiger partial charge in [-0.3, -0.25) is 0 Å². The molecular weight excluding hydrogens is 338 g/mol. The first-order valence-electron chi connectivity index (χ1n) is 7.86. The van der Waals surface area contributed by atoms with Crippen molar-refractivity contribution in [2.45, 2.75) is 20.1 Å². The minimum atomic E-state index is -0.398. The highest BCUT2D eigenvalue weighted by molar-refractivity contribution is 7.08. The van der Waals surface area contributed by atoms with E-state index in [4.69, 9.17) is 9.26 Å². The number of benzene rings is 1. The standard InChI is InChI=1S/C18H15N3O3S/c1-2-21-9-14(13-5-3-4-6-15(13)21)18(22)23-10-16-19-17(24-20-16)12-7-8-25-11-12/h3-9,11H,2,10H2,1H3.